The van der Waals surface area contributed by atoms with Gasteiger partial charge in [-0.1, -0.05) is 64.1 Å². The molecule has 1 nitrogen and oxygen atoms in total. The number of hydrogen-bond acceptors (Lipinski definition) is 1. The second kappa shape index (κ2) is 6.19. The van der Waals surface area contributed by atoms with Crippen molar-refractivity contribution in [3.63, 3.8) is 0 Å². The molecule has 0 saturated heterocycles. The Labute approximate surface area is 129 Å². The van der Waals surface area contributed by atoms with E-state index in [0.717, 1.165) is 12.8 Å². The smallest absolute Gasteiger partial charge is 0.0519 e. The molecule has 2 N–H and O–H groups in total. The summed E-state index contributed by atoms with van der Waals surface area (Å²) in [6, 6.07) is 8.94. The standard InChI is InChI=1S/C20H29N/c1-6-18-19(21)17(12-13-20(18,5)7-2)16-10-8-15(9-11-16)14(3)4/h6,8-12,14,19H,7,13,21H2,1-5H3/b18-6-. The topological polar surface area (TPSA) is 26.0 Å². The zero-order valence-electron chi connectivity index (χ0n) is 14.1. The van der Waals surface area contributed by atoms with Crippen molar-refractivity contribution in [2.75, 3.05) is 0 Å². The van der Waals surface area contributed by atoms with Gasteiger partial charge in [0.1, 0.15) is 0 Å². The molecule has 0 amide bonds. The van der Waals surface area contributed by atoms with Crippen LogP contribution in [-0.4, -0.2) is 6.04 Å². The third kappa shape index (κ3) is 2.98. The summed E-state index contributed by atoms with van der Waals surface area (Å²) in [6.45, 7) is 11.2. The van der Waals surface area contributed by atoms with Crippen LogP contribution in [0.5, 0.6) is 0 Å². The Hall–Kier alpha value is -1.34. The molecule has 1 aromatic rings. The van der Waals surface area contributed by atoms with Crippen LogP contribution in [0.3, 0.4) is 0 Å². The Kier molecular flexibility index (Phi) is 4.73. The molecule has 1 aliphatic rings. The molecule has 21 heavy (non-hydrogen) atoms. The molecule has 1 aromatic carbocycles. The van der Waals surface area contributed by atoms with Crippen molar-refractivity contribution in [1.29, 1.82) is 0 Å². The van der Waals surface area contributed by atoms with E-state index in [4.69, 9.17) is 5.73 Å². The summed E-state index contributed by atoms with van der Waals surface area (Å²) in [5.74, 6) is 0.572. The van der Waals surface area contributed by atoms with Crippen molar-refractivity contribution in [2.45, 2.75) is 59.4 Å². The van der Waals surface area contributed by atoms with E-state index < -0.39 is 0 Å². The van der Waals surface area contributed by atoms with Gasteiger partial charge >= 0.3 is 0 Å². The summed E-state index contributed by atoms with van der Waals surface area (Å²) < 4.78 is 0. The van der Waals surface area contributed by atoms with E-state index in [2.05, 4.69) is 71.0 Å². The monoisotopic (exact) mass is 283 g/mol. The third-order valence-corrected chi connectivity index (χ3v) is 5.14. The Balaban J connectivity index is 2.36. The minimum absolute atomic E-state index is 0.0265. The van der Waals surface area contributed by atoms with Gasteiger partial charge in [0.2, 0.25) is 0 Å². The molecule has 0 bridgehead atoms. The van der Waals surface area contributed by atoms with Crippen LogP contribution in [0, 0.1) is 5.41 Å². The number of rotatable bonds is 3. The zero-order valence-corrected chi connectivity index (χ0v) is 14.1. The van der Waals surface area contributed by atoms with Crippen LogP contribution in [0.15, 0.2) is 42.0 Å². The number of allylic oxidation sites excluding steroid dienone is 2. The van der Waals surface area contributed by atoms with Crippen LogP contribution >= 0.6 is 0 Å². The lowest BCUT2D eigenvalue weighted by Gasteiger charge is -2.39. The third-order valence-electron chi connectivity index (χ3n) is 5.14. The maximum absolute atomic E-state index is 6.58. The first-order valence-electron chi connectivity index (χ1n) is 8.15. The molecular weight excluding hydrogens is 254 g/mol. The molecular formula is C20H29N. The Morgan fingerprint density at radius 3 is 2.38 bits per heavy atom. The first kappa shape index (κ1) is 16.0. The largest absolute Gasteiger partial charge is 0.321 e. The lowest BCUT2D eigenvalue weighted by atomic mass is 9.67. The summed E-state index contributed by atoms with van der Waals surface area (Å²) >= 11 is 0. The van der Waals surface area contributed by atoms with Crippen LogP contribution in [0.25, 0.3) is 5.57 Å². The van der Waals surface area contributed by atoms with E-state index in [1.165, 1.54) is 22.3 Å². The van der Waals surface area contributed by atoms with E-state index in [1.54, 1.807) is 0 Å². The first-order valence-corrected chi connectivity index (χ1v) is 8.15. The van der Waals surface area contributed by atoms with Gasteiger partial charge in [0.25, 0.3) is 0 Å². The highest BCUT2D eigenvalue weighted by Crippen LogP contribution is 2.44. The van der Waals surface area contributed by atoms with Crippen LogP contribution in [0.4, 0.5) is 0 Å². The van der Waals surface area contributed by atoms with E-state index in [0.29, 0.717) is 5.92 Å². The average Bonchev–Trinajstić information content (AvgIpc) is 2.48. The normalized spacial score (nSPS) is 28.0. The second-order valence-electron chi connectivity index (χ2n) is 6.78. The van der Waals surface area contributed by atoms with Crippen LogP contribution in [0.1, 0.15) is 64.5 Å². The molecule has 0 heterocycles. The summed E-state index contributed by atoms with van der Waals surface area (Å²) in [5, 5.41) is 0. The maximum atomic E-state index is 6.58. The maximum Gasteiger partial charge on any atom is 0.0519 e. The van der Waals surface area contributed by atoms with Gasteiger partial charge in [0, 0.05) is 0 Å². The predicted molar refractivity (Wildman–Crippen MR) is 93.3 cm³/mol. The van der Waals surface area contributed by atoms with Crippen LogP contribution < -0.4 is 5.73 Å². The van der Waals surface area contributed by atoms with Gasteiger partial charge in [0.15, 0.2) is 0 Å². The molecule has 2 rings (SSSR count). The van der Waals surface area contributed by atoms with Gasteiger partial charge in [-0.2, -0.15) is 0 Å². The minimum atomic E-state index is 0.0265. The lowest BCUT2D eigenvalue weighted by molar-refractivity contribution is 0.364. The van der Waals surface area contributed by atoms with Crippen molar-refractivity contribution in [2.24, 2.45) is 11.1 Å². The van der Waals surface area contributed by atoms with E-state index in [1.807, 2.05) is 0 Å². The molecule has 0 fully saturated rings. The van der Waals surface area contributed by atoms with Crippen LogP contribution in [0.2, 0.25) is 0 Å². The van der Waals surface area contributed by atoms with Crippen molar-refractivity contribution < 1.29 is 0 Å². The molecule has 0 radical (unpaired) electrons. The zero-order chi connectivity index (χ0) is 15.6. The molecule has 2 unspecified atom stereocenters. The highest BCUT2D eigenvalue weighted by molar-refractivity contribution is 5.74. The van der Waals surface area contributed by atoms with Crippen molar-refractivity contribution in [3.8, 4) is 0 Å². The van der Waals surface area contributed by atoms with E-state index >= 15 is 0 Å². The van der Waals surface area contributed by atoms with Crippen molar-refractivity contribution in [3.05, 3.63) is 53.1 Å². The predicted octanol–water partition coefficient (Wildman–Crippen LogP) is 5.29. The molecule has 0 aliphatic heterocycles. The van der Waals surface area contributed by atoms with Gasteiger partial charge in [0.05, 0.1) is 6.04 Å². The van der Waals surface area contributed by atoms with Crippen molar-refractivity contribution >= 4 is 5.57 Å². The lowest BCUT2D eigenvalue weighted by Crippen LogP contribution is -2.37. The Morgan fingerprint density at radius 1 is 1.29 bits per heavy atom. The SMILES string of the molecule is C/C=C1/C(N)C(c2ccc(C(C)C)cc2)=CCC1(C)CC. The second-order valence-corrected chi connectivity index (χ2v) is 6.78. The fourth-order valence-electron chi connectivity index (χ4n) is 3.36. The number of nitrogens with two attached hydrogens (primary N) is 1. The quantitative estimate of drug-likeness (QED) is 0.750. The number of benzene rings is 1. The highest BCUT2D eigenvalue weighted by atomic mass is 14.7. The molecule has 1 aliphatic carbocycles. The fourth-order valence-corrected chi connectivity index (χ4v) is 3.36. The van der Waals surface area contributed by atoms with E-state index in [-0.39, 0.29) is 11.5 Å². The Morgan fingerprint density at radius 2 is 1.90 bits per heavy atom. The fraction of sp³-hybridized carbons (Fsp3) is 0.500. The first-order chi connectivity index (χ1) is 9.92. The molecule has 0 saturated carbocycles. The van der Waals surface area contributed by atoms with Crippen molar-refractivity contribution in [1.82, 2.24) is 0 Å². The molecule has 0 spiro atoms. The highest BCUT2D eigenvalue weighted by Gasteiger charge is 2.34. The number of hydrogen-bond donors (Lipinski definition) is 1. The van der Waals surface area contributed by atoms with Gasteiger partial charge < -0.3 is 5.73 Å². The molecule has 114 valence electrons. The summed E-state index contributed by atoms with van der Waals surface area (Å²) in [4.78, 5) is 0. The van der Waals surface area contributed by atoms with Crippen LogP contribution in [-0.2, 0) is 0 Å². The summed E-state index contributed by atoms with van der Waals surface area (Å²) in [5.41, 5.74) is 12.1. The molecule has 0 aromatic heterocycles. The summed E-state index contributed by atoms with van der Waals surface area (Å²) in [7, 11) is 0. The van der Waals surface area contributed by atoms with Gasteiger partial charge in [-0.3, -0.25) is 0 Å². The summed E-state index contributed by atoms with van der Waals surface area (Å²) in [6.07, 6.45) is 6.80. The van der Waals surface area contributed by atoms with Gasteiger partial charge in [-0.25, -0.2) is 0 Å². The molecule has 2 atom stereocenters. The van der Waals surface area contributed by atoms with Gasteiger partial charge in [-0.05, 0) is 53.4 Å². The average molecular weight is 283 g/mol. The molecule has 1 heteroatoms. The van der Waals surface area contributed by atoms with E-state index in [9.17, 15) is 0 Å². The minimum Gasteiger partial charge on any atom is -0.321 e. The Bertz CT molecular complexity index is 548. The van der Waals surface area contributed by atoms with Gasteiger partial charge in [-0.15, -0.1) is 0 Å².